The van der Waals surface area contributed by atoms with E-state index >= 15 is 0 Å². The zero-order chi connectivity index (χ0) is 20.0. The van der Waals surface area contributed by atoms with Crippen molar-refractivity contribution < 1.29 is 14.6 Å². The third kappa shape index (κ3) is 2.79. The maximum atomic E-state index is 12.1. The minimum Gasteiger partial charge on any atom is -0.441 e. The molecule has 5 rings (SSSR count). The van der Waals surface area contributed by atoms with E-state index in [0.29, 0.717) is 17.9 Å². The molecular formula is C19H15N7O3. The fourth-order valence-corrected chi connectivity index (χ4v) is 3.78. The van der Waals surface area contributed by atoms with E-state index in [4.69, 9.17) is 11.3 Å². The molecule has 10 heteroatoms. The topological polar surface area (TPSA) is 111 Å². The molecule has 2 aliphatic heterocycles. The summed E-state index contributed by atoms with van der Waals surface area (Å²) in [6.45, 7) is 6.67. The van der Waals surface area contributed by atoms with Crippen LogP contribution in [0.25, 0.3) is 27.5 Å². The van der Waals surface area contributed by atoms with Crippen LogP contribution in [0.5, 0.6) is 0 Å². The number of hydrogen-bond donors (Lipinski definition) is 1. The Labute approximate surface area is 165 Å². The van der Waals surface area contributed by atoms with Gasteiger partial charge in [-0.1, -0.05) is 16.9 Å². The second kappa shape index (κ2) is 6.65. The largest absolute Gasteiger partial charge is 0.441 e. The summed E-state index contributed by atoms with van der Waals surface area (Å²) in [7, 11) is 0. The summed E-state index contributed by atoms with van der Waals surface area (Å²) in [5.41, 5.74) is 4.32. The van der Waals surface area contributed by atoms with Crippen LogP contribution in [-0.4, -0.2) is 55.1 Å². The van der Waals surface area contributed by atoms with Gasteiger partial charge in [-0.3, -0.25) is 14.7 Å². The number of carbonyl (C=O) groups excluding carboxylic acids is 1. The molecule has 1 fully saturated rings. The SMILES string of the molecule is [C-]#[N+]Cn1nnc(-c2ccc(-c3ccc4c(c3)C[C@H]3[C@H](CO)OC(=O)N43)cn2)n1. The van der Waals surface area contributed by atoms with Crippen molar-refractivity contribution in [3.8, 4) is 22.6 Å². The number of anilines is 1. The minimum absolute atomic E-state index is 0.0168. The maximum Gasteiger partial charge on any atom is 0.415 e. The third-order valence-electron chi connectivity index (χ3n) is 5.13. The number of rotatable bonds is 4. The molecule has 4 heterocycles. The smallest absolute Gasteiger partial charge is 0.415 e. The lowest BCUT2D eigenvalue weighted by molar-refractivity contribution is 0.0830. The van der Waals surface area contributed by atoms with Gasteiger partial charge in [0.25, 0.3) is 0 Å². The Morgan fingerprint density at radius 3 is 2.90 bits per heavy atom. The van der Waals surface area contributed by atoms with E-state index < -0.39 is 12.2 Å². The molecule has 10 nitrogen and oxygen atoms in total. The average Bonchev–Trinajstić information content (AvgIpc) is 3.43. The number of cyclic esters (lactones) is 1. The van der Waals surface area contributed by atoms with Gasteiger partial charge < -0.3 is 9.84 Å². The van der Waals surface area contributed by atoms with Crippen LogP contribution in [0.15, 0.2) is 36.5 Å². The Morgan fingerprint density at radius 1 is 1.28 bits per heavy atom. The Hall–Kier alpha value is -3.84. The van der Waals surface area contributed by atoms with E-state index in [2.05, 4.69) is 25.2 Å². The molecule has 1 amide bonds. The molecule has 2 atom stereocenters. The van der Waals surface area contributed by atoms with Gasteiger partial charge in [-0.2, -0.15) is 0 Å². The van der Waals surface area contributed by atoms with E-state index in [1.807, 2.05) is 24.3 Å². The van der Waals surface area contributed by atoms with Crippen LogP contribution < -0.4 is 4.90 Å². The van der Waals surface area contributed by atoms with Crippen molar-refractivity contribution in [1.29, 1.82) is 0 Å². The predicted octanol–water partition coefficient (Wildman–Crippen LogP) is 1.52. The summed E-state index contributed by atoms with van der Waals surface area (Å²) in [5.74, 6) is 0.364. The molecule has 0 bridgehead atoms. The number of amides is 1. The van der Waals surface area contributed by atoms with Gasteiger partial charge in [0.05, 0.1) is 18.3 Å². The van der Waals surface area contributed by atoms with Crippen LogP contribution in [0.4, 0.5) is 10.5 Å². The fraction of sp³-hybridized carbons (Fsp3) is 0.263. The fourth-order valence-electron chi connectivity index (χ4n) is 3.78. The second-order valence-corrected chi connectivity index (χ2v) is 6.81. The van der Waals surface area contributed by atoms with Gasteiger partial charge in [0.2, 0.25) is 5.82 Å². The van der Waals surface area contributed by atoms with Crippen LogP contribution in [0, 0.1) is 6.57 Å². The first kappa shape index (κ1) is 17.3. The average molecular weight is 389 g/mol. The number of hydrogen-bond acceptors (Lipinski definition) is 7. The second-order valence-electron chi connectivity index (χ2n) is 6.81. The lowest BCUT2D eigenvalue weighted by Gasteiger charge is -2.14. The molecule has 2 aromatic heterocycles. The van der Waals surface area contributed by atoms with E-state index in [-0.39, 0.29) is 19.3 Å². The third-order valence-corrected chi connectivity index (χ3v) is 5.13. The van der Waals surface area contributed by atoms with Gasteiger partial charge in [-0.15, -0.1) is 10.2 Å². The van der Waals surface area contributed by atoms with Crippen molar-refractivity contribution >= 4 is 11.8 Å². The van der Waals surface area contributed by atoms with E-state index in [1.54, 1.807) is 17.2 Å². The Morgan fingerprint density at radius 2 is 2.14 bits per heavy atom. The number of fused-ring (bicyclic) bond motifs is 3. The molecule has 0 aliphatic carbocycles. The van der Waals surface area contributed by atoms with Gasteiger partial charge in [0.1, 0.15) is 11.8 Å². The summed E-state index contributed by atoms with van der Waals surface area (Å²) < 4.78 is 5.21. The highest BCUT2D eigenvalue weighted by molar-refractivity contribution is 5.94. The molecule has 1 aromatic carbocycles. The minimum atomic E-state index is -0.497. The first-order valence-corrected chi connectivity index (χ1v) is 8.99. The summed E-state index contributed by atoms with van der Waals surface area (Å²) in [5, 5.41) is 21.3. The van der Waals surface area contributed by atoms with Crippen molar-refractivity contribution in [2.75, 3.05) is 11.5 Å². The first-order chi connectivity index (χ1) is 14.2. The van der Waals surface area contributed by atoms with E-state index in [0.717, 1.165) is 22.4 Å². The van der Waals surface area contributed by atoms with Crippen LogP contribution in [0.2, 0.25) is 0 Å². The Bertz CT molecular complexity index is 1140. The molecular weight excluding hydrogens is 374 g/mol. The molecule has 0 unspecified atom stereocenters. The molecule has 2 aliphatic rings. The highest BCUT2D eigenvalue weighted by Gasteiger charge is 2.47. The quantitative estimate of drug-likeness (QED) is 0.674. The van der Waals surface area contributed by atoms with Crippen molar-refractivity contribution in [3.63, 3.8) is 0 Å². The van der Waals surface area contributed by atoms with Gasteiger partial charge in [0.15, 0.2) is 0 Å². The number of ether oxygens (including phenoxy) is 1. The zero-order valence-corrected chi connectivity index (χ0v) is 15.1. The van der Waals surface area contributed by atoms with Gasteiger partial charge >= 0.3 is 12.8 Å². The number of benzene rings is 1. The molecule has 1 saturated heterocycles. The normalized spacial score (nSPS) is 19.6. The van der Waals surface area contributed by atoms with E-state index in [1.165, 1.54) is 4.80 Å². The van der Waals surface area contributed by atoms with Gasteiger partial charge in [-0.05, 0) is 41.0 Å². The van der Waals surface area contributed by atoms with Gasteiger partial charge in [-0.25, -0.2) is 11.4 Å². The van der Waals surface area contributed by atoms with E-state index in [9.17, 15) is 9.90 Å². The lowest BCUT2D eigenvalue weighted by atomic mass is 10.0. The number of aliphatic hydroxyl groups is 1. The summed E-state index contributed by atoms with van der Waals surface area (Å²) >= 11 is 0. The number of nitrogens with zero attached hydrogens (tertiary/aromatic N) is 7. The molecule has 0 radical (unpaired) electrons. The molecule has 3 aromatic rings. The van der Waals surface area contributed by atoms with Crippen molar-refractivity contribution in [2.45, 2.75) is 25.2 Å². The summed E-state index contributed by atoms with van der Waals surface area (Å²) in [6, 6.07) is 9.43. The Kier molecular flexibility index (Phi) is 3.96. The first-order valence-electron chi connectivity index (χ1n) is 8.99. The summed E-state index contributed by atoms with van der Waals surface area (Å²) in [4.78, 5) is 22.6. The van der Waals surface area contributed by atoms with Crippen molar-refractivity contribution in [3.05, 3.63) is 53.5 Å². The number of pyridine rings is 1. The Balaban J connectivity index is 1.41. The van der Waals surface area contributed by atoms with Crippen LogP contribution >= 0.6 is 0 Å². The lowest BCUT2D eigenvalue weighted by Crippen LogP contribution is -2.34. The number of aliphatic hydroxyl groups excluding tert-OH is 1. The molecule has 144 valence electrons. The summed E-state index contributed by atoms with van der Waals surface area (Å²) in [6.07, 6.45) is 1.46. The number of carbonyl (C=O) groups is 1. The monoisotopic (exact) mass is 389 g/mol. The number of aromatic nitrogens is 5. The molecule has 29 heavy (non-hydrogen) atoms. The molecule has 1 N–H and O–H groups in total. The van der Waals surface area contributed by atoms with Crippen LogP contribution in [0.3, 0.4) is 0 Å². The zero-order valence-electron chi connectivity index (χ0n) is 15.1. The highest BCUT2D eigenvalue weighted by Crippen LogP contribution is 2.40. The highest BCUT2D eigenvalue weighted by atomic mass is 16.6. The van der Waals surface area contributed by atoms with Crippen molar-refractivity contribution in [1.82, 2.24) is 25.2 Å². The maximum absolute atomic E-state index is 12.1. The number of tetrazole rings is 1. The molecule has 0 spiro atoms. The van der Waals surface area contributed by atoms with Gasteiger partial charge in [0, 0.05) is 11.8 Å². The van der Waals surface area contributed by atoms with Crippen LogP contribution in [-0.2, 0) is 17.8 Å². The standard InChI is InChI=1S/C19H15N7O3/c1-20-10-25-23-18(22-24-25)14-4-2-12(8-21-14)11-3-5-15-13(6-11)7-16-17(9-27)29-19(28)26(15)16/h2-6,8,16-17,27H,7,9-10H2/t16-,17-/m0/s1. The molecule has 0 saturated carbocycles. The predicted molar refractivity (Wildman–Crippen MR) is 100 cm³/mol. The van der Waals surface area contributed by atoms with Crippen LogP contribution in [0.1, 0.15) is 5.56 Å². The van der Waals surface area contributed by atoms with Crippen molar-refractivity contribution in [2.24, 2.45) is 0 Å².